The minimum Gasteiger partial charge on any atom is -0.324 e. The van der Waals surface area contributed by atoms with E-state index in [2.05, 4.69) is 20.3 Å². The largest absolute Gasteiger partial charge is 0.324 e. The van der Waals surface area contributed by atoms with Crippen molar-refractivity contribution in [3.8, 4) is 0 Å². The molecule has 3 N–H and O–H groups in total. The molecule has 0 spiro atoms. The fourth-order valence-corrected chi connectivity index (χ4v) is 3.98. The number of hydrogen-bond donors (Lipinski definition) is 3. The monoisotopic (exact) mass is 420 g/mol. The van der Waals surface area contributed by atoms with Crippen molar-refractivity contribution in [3.63, 3.8) is 0 Å². The Morgan fingerprint density at radius 3 is 2.46 bits per heavy atom. The molecule has 0 fully saturated rings. The Morgan fingerprint density at radius 2 is 1.85 bits per heavy atom. The number of thioether (sulfide) groups is 1. The highest BCUT2D eigenvalue weighted by Crippen LogP contribution is 2.20. The van der Waals surface area contributed by atoms with Crippen LogP contribution in [0.15, 0.2) is 34.3 Å². The summed E-state index contributed by atoms with van der Waals surface area (Å²) in [5.41, 5.74) is 0.335. The summed E-state index contributed by atoms with van der Waals surface area (Å²) in [6, 6.07) is 5.46. The zero-order valence-corrected chi connectivity index (χ0v) is 16.0. The lowest BCUT2D eigenvalue weighted by Gasteiger charge is -2.09. The predicted molar refractivity (Wildman–Crippen MR) is 95.9 cm³/mol. The van der Waals surface area contributed by atoms with Gasteiger partial charge >= 0.3 is 0 Å². The van der Waals surface area contributed by atoms with Gasteiger partial charge in [0, 0.05) is 17.9 Å². The Balaban J connectivity index is 2.22. The first-order valence-corrected chi connectivity index (χ1v) is 11.3. The predicted octanol–water partition coefficient (Wildman–Crippen LogP) is 1.40. The number of anilines is 2. The molecule has 0 unspecified atom stereocenters. The summed E-state index contributed by atoms with van der Waals surface area (Å²) in [7, 11) is -8.42. The number of benzene rings is 1. The van der Waals surface area contributed by atoms with E-state index in [1.807, 2.05) is 6.92 Å². The maximum atomic E-state index is 11.2. The third kappa shape index (κ3) is 6.49. The highest BCUT2D eigenvalue weighted by atomic mass is 32.2. The van der Waals surface area contributed by atoms with Crippen molar-refractivity contribution < 1.29 is 25.9 Å². The quantitative estimate of drug-likeness (QED) is 0.418. The second-order valence-electron chi connectivity index (χ2n) is 4.97. The van der Waals surface area contributed by atoms with Crippen LogP contribution in [0, 0.1) is 0 Å². The Morgan fingerprint density at radius 1 is 1.12 bits per heavy atom. The topological polar surface area (TPSA) is 159 Å². The molecule has 1 heterocycles. The van der Waals surface area contributed by atoms with E-state index in [0.29, 0.717) is 17.9 Å². The molecule has 0 saturated heterocycles. The average molecular weight is 420 g/mol. The molecule has 0 aliphatic heterocycles. The standard InChI is InChI=1S/C13H16N4O6S3/c1-2-11-15-12(17-13(16-11)24-6-7-25(18,19)20)14-9-4-3-5-10(8-9)26(21,22)23/h3-5,8H,2,6-7H2,1H3,(H,18,19,20)(H,21,22,23)(H,14,15,16,17). The van der Waals surface area contributed by atoms with Crippen LogP contribution in [0.4, 0.5) is 11.6 Å². The van der Waals surface area contributed by atoms with Crippen LogP contribution in [-0.4, -0.2) is 52.4 Å². The molecule has 0 radical (unpaired) electrons. The highest BCUT2D eigenvalue weighted by molar-refractivity contribution is 8.00. The molecule has 13 heteroatoms. The highest BCUT2D eigenvalue weighted by Gasteiger charge is 2.12. The molecule has 1 aromatic heterocycles. The van der Waals surface area contributed by atoms with Crippen LogP contribution in [0.2, 0.25) is 0 Å². The molecule has 10 nitrogen and oxygen atoms in total. The van der Waals surface area contributed by atoms with Crippen molar-refractivity contribution in [2.45, 2.75) is 23.4 Å². The molecule has 0 atom stereocenters. The average Bonchev–Trinajstić information content (AvgIpc) is 2.53. The summed E-state index contributed by atoms with van der Waals surface area (Å²) >= 11 is 1.03. The summed E-state index contributed by atoms with van der Waals surface area (Å²) < 4.78 is 61.8. The first-order chi connectivity index (χ1) is 12.1. The normalized spacial score (nSPS) is 12.1. The van der Waals surface area contributed by atoms with Gasteiger partial charge in [-0.2, -0.15) is 26.8 Å². The molecule has 26 heavy (non-hydrogen) atoms. The summed E-state index contributed by atoms with van der Waals surface area (Å²) in [5, 5.41) is 3.08. The number of nitrogens with zero attached hydrogens (tertiary/aromatic N) is 3. The molecule has 1 aromatic carbocycles. The van der Waals surface area contributed by atoms with Crippen molar-refractivity contribution in [1.82, 2.24) is 15.0 Å². The van der Waals surface area contributed by atoms with Crippen LogP contribution in [0.5, 0.6) is 0 Å². The smallest absolute Gasteiger partial charge is 0.294 e. The van der Waals surface area contributed by atoms with Gasteiger partial charge < -0.3 is 5.32 Å². The first-order valence-electron chi connectivity index (χ1n) is 7.24. The number of nitrogens with one attached hydrogen (secondary N) is 1. The van der Waals surface area contributed by atoms with E-state index >= 15 is 0 Å². The van der Waals surface area contributed by atoms with Gasteiger partial charge in [0.2, 0.25) is 5.95 Å². The summed E-state index contributed by atoms with van der Waals surface area (Å²) in [6.07, 6.45) is 0.494. The lowest BCUT2D eigenvalue weighted by Crippen LogP contribution is -2.08. The molecule has 0 bridgehead atoms. The molecular weight excluding hydrogens is 404 g/mol. The van der Waals surface area contributed by atoms with Crippen molar-refractivity contribution in [2.75, 3.05) is 16.8 Å². The van der Waals surface area contributed by atoms with Gasteiger partial charge in [-0.1, -0.05) is 24.8 Å². The van der Waals surface area contributed by atoms with Gasteiger partial charge in [0.05, 0.1) is 10.6 Å². The van der Waals surface area contributed by atoms with Crippen LogP contribution in [0.25, 0.3) is 0 Å². The number of aryl methyl sites for hydroxylation is 1. The zero-order chi connectivity index (χ0) is 19.4. The van der Waals surface area contributed by atoms with Gasteiger partial charge in [0.25, 0.3) is 20.2 Å². The zero-order valence-electron chi connectivity index (χ0n) is 13.5. The third-order valence-electron chi connectivity index (χ3n) is 2.94. The minimum atomic E-state index is -4.34. The van der Waals surface area contributed by atoms with E-state index < -0.39 is 26.0 Å². The second kappa shape index (κ2) is 8.26. The van der Waals surface area contributed by atoms with Crippen LogP contribution in [0.1, 0.15) is 12.7 Å². The second-order valence-corrected chi connectivity index (χ2v) is 9.03. The van der Waals surface area contributed by atoms with E-state index in [1.165, 1.54) is 18.2 Å². The maximum absolute atomic E-state index is 11.2. The fraction of sp³-hybridized carbons (Fsp3) is 0.308. The fourth-order valence-electron chi connectivity index (χ4n) is 1.78. The van der Waals surface area contributed by atoms with Gasteiger partial charge in [0.15, 0.2) is 5.16 Å². The molecule has 2 rings (SSSR count). The van der Waals surface area contributed by atoms with Gasteiger partial charge in [0.1, 0.15) is 5.82 Å². The van der Waals surface area contributed by atoms with Crippen LogP contribution in [0.3, 0.4) is 0 Å². The van der Waals surface area contributed by atoms with E-state index in [4.69, 9.17) is 9.11 Å². The number of aromatic nitrogens is 3. The van der Waals surface area contributed by atoms with E-state index in [9.17, 15) is 16.8 Å². The van der Waals surface area contributed by atoms with Crippen LogP contribution < -0.4 is 5.32 Å². The maximum Gasteiger partial charge on any atom is 0.294 e. The molecule has 2 aromatic rings. The van der Waals surface area contributed by atoms with Crippen LogP contribution in [-0.2, 0) is 26.7 Å². The van der Waals surface area contributed by atoms with E-state index in [-0.39, 0.29) is 21.8 Å². The first kappa shape index (κ1) is 20.5. The lowest BCUT2D eigenvalue weighted by atomic mass is 10.3. The van der Waals surface area contributed by atoms with Gasteiger partial charge in [-0.25, -0.2) is 4.98 Å². The van der Waals surface area contributed by atoms with Gasteiger partial charge in [-0.05, 0) is 18.2 Å². The summed E-state index contributed by atoms with van der Waals surface area (Å²) in [4.78, 5) is 12.2. The van der Waals surface area contributed by atoms with Crippen molar-refractivity contribution in [3.05, 3.63) is 30.1 Å². The molecule has 0 amide bonds. The number of rotatable bonds is 8. The van der Waals surface area contributed by atoms with Gasteiger partial charge in [-0.15, -0.1) is 0 Å². The van der Waals surface area contributed by atoms with E-state index in [0.717, 1.165) is 11.8 Å². The molecule has 0 aliphatic rings. The van der Waals surface area contributed by atoms with Crippen molar-refractivity contribution >= 4 is 43.6 Å². The molecule has 142 valence electrons. The number of hydrogen-bond acceptors (Lipinski definition) is 9. The molecular formula is C13H16N4O6S3. The van der Waals surface area contributed by atoms with Crippen LogP contribution >= 0.6 is 11.8 Å². The van der Waals surface area contributed by atoms with E-state index in [1.54, 1.807) is 6.07 Å². The Labute approximate surface area is 155 Å². The molecule has 0 saturated carbocycles. The van der Waals surface area contributed by atoms with Gasteiger partial charge in [-0.3, -0.25) is 9.11 Å². The Bertz CT molecular complexity index is 995. The third-order valence-corrected chi connectivity index (χ3v) is 5.62. The summed E-state index contributed by atoms with van der Waals surface area (Å²) in [6.45, 7) is 1.82. The lowest BCUT2D eigenvalue weighted by molar-refractivity contribution is 0.481. The summed E-state index contributed by atoms with van der Waals surface area (Å²) in [5.74, 6) is 0.203. The Kier molecular flexibility index (Phi) is 6.52. The Hall–Kier alpha value is -1.80. The van der Waals surface area contributed by atoms with Crippen molar-refractivity contribution in [1.29, 1.82) is 0 Å². The molecule has 0 aliphatic carbocycles. The minimum absolute atomic E-state index is 0.0592. The van der Waals surface area contributed by atoms with Crippen molar-refractivity contribution in [2.24, 2.45) is 0 Å². The SMILES string of the molecule is CCc1nc(Nc2cccc(S(=O)(=O)O)c2)nc(SCCS(=O)(=O)O)n1.